The summed E-state index contributed by atoms with van der Waals surface area (Å²) in [7, 11) is 0. The molecule has 0 saturated carbocycles. The summed E-state index contributed by atoms with van der Waals surface area (Å²) in [4.78, 5) is 9.97. The third-order valence-corrected chi connectivity index (χ3v) is 3.64. The lowest BCUT2D eigenvalue weighted by Crippen LogP contribution is -1.80. The van der Waals surface area contributed by atoms with Gasteiger partial charge in [-0.25, -0.2) is 4.98 Å². The van der Waals surface area contributed by atoms with Gasteiger partial charge in [-0.3, -0.25) is 10.1 Å². The van der Waals surface area contributed by atoms with E-state index in [9.17, 15) is 0 Å². The van der Waals surface area contributed by atoms with E-state index in [1.54, 1.807) is 23.7 Å². The second kappa shape index (κ2) is 4.10. The van der Waals surface area contributed by atoms with Crippen LogP contribution in [0.5, 0.6) is 0 Å². The van der Waals surface area contributed by atoms with Crippen molar-refractivity contribution in [1.29, 1.82) is 0 Å². The van der Waals surface area contributed by atoms with Gasteiger partial charge in [-0.2, -0.15) is 5.10 Å². The fourth-order valence-corrected chi connectivity index (χ4v) is 2.65. The van der Waals surface area contributed by atoms with Crippen LogP contribution in [-0.4, -0.2) is 20.2 Å². The van der Waals surface area contributed by atoms with Gasteiger partial charge < -0.3 is 0 Å². The highest BCUT2D eigenvalue weighted by molar-refractivity contribution is 7.18. The molecular formula is C12H10N4S. The Morgan fingerprint density at radius 1 is 1.18 bits per heavy atom. The molecule has 17 heavy (non-hydrogen) atoms. The summed E-state index contributed by atoms with van der Waals surface area (Å²) in [5.41, 5.74) is 2.91. The number of aromatic amines is 1. The van der Waals surface area contributed by atoms with Crippen LogP contribution in [0, 0.1) is 6.92 Å². The average Bonchev–Trinajstić information content (AvgIpc) is 2.99. The van der Waals surface area contributed by atoms with E-state index in [1.165, 1.54) is 0 Å². The van der Waals surface area contributed by atoms with Crippen molar-refractivity contribution >= 4 is 11.3 Å². The lowest BCUT2D eigenvalue weighted by molar-refractivity contribution is 1.09. The van der Waals surface area contributed by atoms with E-state index in [-0.39, 0.29) is 0 Å². The Labute approximate surface area is 102 Å². The number of H-pyrrole nitrogens is 1. The zero-order chi connectivity index (χ0) is 11.7. The molecule has 0 aliphatic heterocycles. The van der Waals surface area contributed by atoms with Crippen LogP contribution < -0.4 is 0 Å². The standard InChI is InChI=1S/C12H10N4S/c1-8-11(9-5-7-14-16-9)17-12(15-8)10-4-2-3-6-13-10/h2-7H,1H3,(H,14,16). The summed E-state index contributed by atoms with van der Waals surface area (Å²) in [5, 5.41) is 7.86. The molecule has 5 heteroatoms. The molecule has 84 valence electrons. The van der Waals surface area contributed by atoms with Crippen molar-refractivity contribution in [3.05, 3.63) is 42.4 Å². The number of hydrogen-bond acceptors (Lipinski definition) is 4. The topological polar surface area (TPSA) is 54.5 Å². The van der Waals surface area contributed by atoms with E-state index in [2.05, 4.69) is 20.2 Å². The zero-order valence-electron chi connectivity index (χ0n) is 9.21. The summed E-state index contributed by atoms with van der Waals surface area (Å²) >= 11 is 1.63. The molecule has 0 atom stereocenters. The van der Waals surface area contributed by atoms with Gasteiger partial charge in [-0.05, 0) is 25.1 Å². The number of thiazole rings is 1. The van der Waals surface area contributed by atoms with Crippen LogP contribution in [0.25, 0.3) is 21.3 Å². The molecule has 0 unspecified atom stereocenters. The van der Waals surface area contributed by atoms with Crippen molar-refractivity contribution in [2.24, 2.45) is 0 Å². The first kappa shape index (κ1) is 10.2. The highest BCUT2D eigenvalue weighted by Crippen LogP contribution is 2.32. The molecule has 0 amide bonds. The molecule has 0 saturated heterocycles. The van der Waals surface area contributed by atoms with Crippen molar-refractivity contribution in [3.63, 3.8) is 0 Å². The van der Waals surface area contributed by atoms with Crippen LogP contribution >= 0.6 is 11.3 Å². The minimum absolute atomic E-state index is 0.909. The highest BCUT2D eigenvalue weighted by Gasteiger charge is 2.12. The Hall–Kier alpha value is -2.01. The van der Waals surface area contributed by atoms with Gasteiger partial charge in [0.2, 0.25) is 0 Å². The molecule has 3 heterocycles. The Balaban J connectivity index is 2.08. The third-order valence-electron chi connectivity index (χ3n) is 2.43. The number of aromatic nitrogens is 4. The van der Waals surface area contributed by atoms with Crippen LogP contribution in [0.3, 0.4) is 0 Å². The fourth-order valence-electron chi connectivity index (χ4n) is 1.63. The summed E-state index contributed by atoms with van der Waals surface area (Å²) in [6.07, 6.45) is 3.52. The first-order valence-corrected chi connectivity index (χ1v) is 6.05. The van der Waals surface area contributed by atoms with Crippen LogP contribution in [-0.2, 0) is 0 Å². The second-order valence-corrected chi connectivity index (χ2v) is 4.62. The number of rotatable bonds is 2. The van der Waals surface area contributed by atoms with Gasteiger partial charge in [-0.1, -0.05) is 6.07 Å². The van der Waals surface area contributed by atoms with Crippen LogP contribution in [0.15, 0.2) is 36.7 Å². The molecular weight excluding hydrogens is 232 g/mol. The molecule has 3 aromatic heterocycles. The molecule has 0 spiro atoms. The van der Waals surface area contributed by atoms with Gasteiger partial charge in [-0.15, -0.1) is 11.3 Å². The second-order valence-electron chi connectivity index (χ2n) is 3.62. The minimum atomic E-state index is 0.909. The summed E-state index contributed by atoms with van der Waals surface area (Å²) in [6, 6.07) is 7.78. The molecule has 0 fully saturated rings. The molecule has 0 radical (unpaired) electrons. The number of nitrogens with one attached hydrogen (secondary N) is 1. The Kier molecular flexibility index (Phi) is 2.45. The summed E-state index contributed by atoms with van der Waals surface area (Å²) in [5.74, 6) is 0. The minimum Gasteiger partial charge on any atom is -0.277 e. The average molecular weight is 242 g/mol. The molecule has 3 rings (SSSR count). The van der Waals surface area contributed by atoms with E-state index in [0.29, 0.717) is 0 Å². The lowest BCUT2D eigenvalue weighted by atomic mass is 10.3. The first-order chi connectivity index (χ1) is 8.34. The third kappa shape index (κ3) is 1.85. The molecule has 0 bridgehead atoms. The molecule has 0 aliphatic carbocycles. The lowest BCUT2D eigenvalue weighted by Gasteiger charge is -1.92. The van der Waals surface area contributed by atoms with Crippen molar-refractivity contribution in [2.45, 2.75) is 6.92 Å². The summed E-state index contributed by atoms with van der Waals surface area (Å²) < 4.78 is 0. The number of pyridine rings is 1. The first-order valence-electron chi connectivity index (χ1n) is 5.23. The number of hydrogen-bond donors (Lipinski definition) is 1. The van der Waals surface area contributed by atoms with E-state index < -0.39 is 0 Å². The van der Waals surface area contributed by atoms with E-state index in [1.807, 2.05) is 31.2 Å². The largest absolute Gasteiger partial charge is 0.277 e. The van der Waals surface area contributed by atoms with Gasteiger partial charge >= 0.3 is 0 Å². The smallest absolute Gasteiger partial charge is 0.142 e. The van der Waals surface area contributed by atoms with Gasteiger partial charge in [0.15, 0.2) is 0 Å². The Morgan fingerprint density at radius 2 is 2.12 bits per heavy atom. The van der Waals surface area contributed by atoms with E-state index in [0.717, 1.165) is 27.0 Å². The molecule has 1 N–H and O–H groups in total. The van der Waals surface area contributed by atoms with E-state index in [4.69, 9.17) is 0 Å². The van der Waals surface area contributed by atoms with Gasteiger partial charge in [0.25, 0.3) is 0 Å². The van der Waals surface area contributed by atoms with Gasteiger partial charge in [0, 0.05) is 12.4 Å². The van der Waals surface area contributed by atoms with Crippen LogP contribution in [0.4, 0.5) is 0 Å². The quantitative estimate of drug-likeness (QED) is 0.751. The van der Waals surface area contributed by atoms with Crippen LogP contribution in [0.1, 0.15) is 5.69 Å². The van der Waals surface area contributed by atoms with Crippen LogP contribution in [0.2, 0.25) is 0 Å². The number of aryl methyl sites for hydroxylation is 1. The normalized spacial score (nSPS) is 10.6. The van der Waals surface area contributed by atoms with Gasteiger partial charge in [0.05, 0.1) is 22.0 Å². The predicted molar refractivity (Wildman–Crippen MR) is 67.7 cm³/mol. The molecule has 4 nitrogen and oxygen atoms in total. The monoisotopic (exact) mass is 242 g/mol. The van der Waals surface area contributed by atoms with Crippen molar-refractivity contribution in [3.8, 4) is 21.3 Å². The van der Waals surface area contributed by atoms with Crippen molar-refractivity contribution in [1.82, 2.24) is 20.2 Å². The SMILES string of the molecule is Cc1nc(-c2ccccn2)sc1-c1ccn[nH]1. The van der Waals surface area contributed by atoms with E-state index >= 15 is 0 Å². The zero-order valence-corrected chi connectivity index (χ0v) is 10.0. The fraction of sp³-hybridized carbons (Fsp3) is 0.0833. The molecule has 3 aromatic rings. The molecule has 0 aromatic carbocycles. The number of nitrogens with zero attached hydrogens (tertiary/aromatic N) is 3. The Morgan fingerprint density at radius 3 is 2.82 bits per heavy atom. The highest BCUT2D eigenvalue weighted by atomic mass is 32.1. The Bertz CT molecular complexity index is 613. The van der Waals surface area contributed by atoms with Crippen molar-refractivity contribution < 1.29 is 0 Å². The van der Waals surface area contributed by atoms with Gasteiger partial charge in [0.1, 0.15) is 5.01 Å². The molecule has 0 aliphatic rings. The predicted octanol–water partition coefficient (Wildman–Crippen LogP) is 2.90. The maximum absolute atomic E-state index is 4.55. The summed E-state index contributed by atoms with van der Waals surface area (Å²) in [6.45, 7) is 2.00. The maximum atomic E-state index is 4.55. The van der Waals surface area contributed by atoms with Crippen molar-refractivity contribution in [2.75, 3.05) is 0 Å². The maximum Gasteiger partial charge on any atom is 0.142 e.